The standard InChI is InChI=1S/C10H8F3N3O/c1-6(17)16-5-8-4-7(10(11,12)13)2-3-15(8)9(16)14/h2-5,14H,1H3. The number of nitrogens with one attached hydrogen (secondary N) is 1. The van der Waals surface area contributed by atoms with Crippen LogP contribution in [0.2, 0.25) is 0 Å². The van der Waals surface area contributed by atoms with Crippen molar-refractivity contribution >= 4 is 11.4 Å². The monoisotopic (exact) mass is 243 g/mol. The first-order chi connectivity index (χ1) is 7.80. The molecule has 90 valence electrons. The quantitative estimate of drug-likeness (QED) is 0.754. The molecular formula is C10H8F3N3O. The lowest BCUT2D eigenvalue weighted by Gasteiger charge is -2.05. The lowest BCUT2D eigenvalue weighted by Crippen LogP contribution is -2.24. The molecule has 0 amide bonds. The van der Waals surface area contributed by atoms with E-state index in [0.29, 0.717) is 0 Å². The highest BCUT2D eigenvalue weighted by molar-refractivity contribution is 5.77. The molecule has 0 bridgehead atoms. The topological polar surface area (TPSA) is 50.3 Å². The predicted octanol–water partition coefficient (Wildman–Crippen LogP) is 1.90. The fraction of sp³-hybridized carbons (Fsp3) is 0.200. The van der Waals surface area contributed by atoms with E-state index in [2.05, 4.69) is 0 Å². The molecule has 0 saturated heterocycles. The number of rotatable bonds is 0. The molecule has 0 spiro atoms. The molecule has 4 nitrogen and oxygen atoms in total. The summed E-state index contributed by atoms with van der Waals surface area (Å²) in [6.45, 7) is 1.24. The third-order valence-corrected chi connectivity index (χ3v) is 2.37. The lowest BCUT2D eigenvalue weighted by molar-refractivity contribution is -0.137. The maximum absolute atomic E-state index is 12.5. The van der Waals surface area contributed by atoms with Crippen LogP contribution in [0.25, 0.3) is 5.52 Å². The third kappa shape index (κ3) is 1.83. The van der Waals surface area contributed by atoms with E-state index in [1.54, 1.807) is 0 Å². The van der Waals surface area contributed by atoms with Crippen LogP contribution >= 0.6 is 0 Å². The van der Waals surface area contributed by atoms with Crippen molar-refractivity contribution in [3.05, 3.63) is 35.7 Å². The van der Waals surface area contributed by atoms with Crippen molar-refractivity contribution in [3.8, 4) is 0 Å². The number of hydrogen-bond donors (Lipinski definition) is 1. The second-order valence-electron chi connectivity index (χ2n) is 3.55. The van der Waals surface area contributed by atoms with Gasteiger partial charge < -0.3 is 0 Å². The van der Waals surface area contributed by atoms with Gasteiger partial charge >= 0.3 is 6.18 Å². The predicted molar refractivity (Wildman–Crippen MR) is 52.5 cm³/mol. The van der Waals surface area contributed by atoms with Crippen LogP contribution in [-0.2, 0) is 6.18 Å². The Labute approximate surface area is 93.4 Å². The highest BCUT2D eigenvalue weighted by Crippen LogP contribution is 2.29. The van der Waals surface area contributed by atoms with Gasteiger partial charge in [0.05, 0.1) is 11.1 Å². The average Bonchev–Trinajstić information content (AvgIpc) is 2.54. The van der Waals surface area contributed by atoms with Gasteiger partial charge in [0, 0.05) is 19.3 Å². The molecule has 0 aliphatic heterocycles. The normalized spacial score (nSPS) is 12.0. The van der Waals surface area contributed by atoms with Gasteiger partial charge in [-0.15, -0.1) is 0 Å². The van der Waals surface area contributed by atoms with E-state index in [1.165, 1.54) is 17.5 Å². The molecule has 7 heteroatoms. The summed E-state index contributed by atoms with van der Waals surface area (Å²) in [6, 6.07) is 1.77. The zero-order chi connectivity index (χ0) is 12.8. The fourth-order valence-electron chi connectivity index (χ4n) is 1.54. The van der Waals surface area contributed by atoms with Crippen LogP contribution in [0.3, 0.4) is 0 Å². The Balaban J connectivity index is 2.72. The minimum atomic E-state index is -4.44. The van der Waals surface area contributed by atoms with Gasteiger partial charge in [0.1, 0.15) is 0 Å². The van der Waals surface area contributed by atoms with Gasteiger partial charge in [0.25, 0.3) is 0 Å². The molecule has 0 unspecified atom stereocenters. The summed E-state index contributed by atoms with van der Waals surface area (Å²) in [5.74, 6) is -0.424. The number of hydrogen-bond acceptors (Lipinski definition) is 2. The van der Waals surface area contributed by atoms with Crippen molar-refractivity contribution in [1.29, 1.82) is 5.41 Å². The molecular weight excluding hydrogens is 235 g/mol. The van der Waals surface area contributed by atoms with E-state index in [-0.39, 0.29) is 11.1 Å². The highest BCUT2D eigenvalue weighted by Gasteiger charge is 2.30. The molecule has 2 aromatic rings. The first-order valence-corrected chi connectivity index (χ1v) is 4.67. The van der Waals surface area contributed by atoms with Gasteiger partial charge in [-0.1, -0.05) is 0 Å². The Morgan fingerprint density at radius 2 is 2.06 bits per heavy atom. The molecule has 0 aromatic carbocycles. The van der Waals surface area contributed by atoms with Crippen molar-refractivity contribution in [1.82, 2.24) is 8.97 Å². The molecule has 17 heavy (non-hydrogen) atoms. The van der Waals surface area contributed by atoms with Crippen molar-refractivity contribution in [2.45, 2.75) is 13.1 Å². The van der Waals surface area contributed by atoms with Crippen LogP contribution in [0.5, 0.6) is 0 Å². The first-order valence-electron chi connectivity index (χ1n) is 4.67. The molecule has 2 heterocycles. The number of alkyl halides is 3. The largest absolute Gasteiger partial charge is 0.416 e. The number of carbonyl (C=O) groups is 1. The average molecular weight is 243 g/mol. The van der Waals surface area contributed by atoms with Crippen molar-refractivity contribution in [3.63, 3.8) is 0 Å². The van der Waals surface area contributed by atoms with Gasteiger partial charge in [-0.3, -0.25) is 19.2 Å². The number of nitrogens with zero attached hydrogens (tertiary/aromatic N) is 2. The van der Waals surface area contributed by atoms with E-state index in [0.717, 1.165) is 22.9 Å². The first kappa shape index (κ1) is 11.4. The minimum absolute atomic E-state index is 0.153. The van der Waals surface area contributed by atoms with Crippen LogP contribution in [0.15, 0.2) is 24.5 Å². The van der Waals surface area contributed by atoms with E-state index in [4.69, 9.17) is 5.41 Å². The molecule has 0 radical (unpaired) electrons. The summed E-state index contributed by atoms with van der Waals surface area (Å²) in [5, 5.41) is 7.60. The zero-order valence-electron chi connectivity index (χ0n) is 8.75. The summed E-state index contributed by atoms with van der Waals surface area (Å²) < 4.78 is 39.5. The number of fused-ring (bicyclic) bond motifs is 1. The van der Waals surface area contributed by atoms with E-state index < -0.39 is 17.6 Å². The number of carbonyl (C=O) groups excluding carboxylic acids is 1. The molecule has 1 N–H and O–H groups in total. The zero-order valence-corrected chi connectivity index (χ0v) is 8.75. The number of halogens is 3. The summed E-state index contributed by atoms with van der Waals surface area (Å²) >= 11 is 0. The minimum Gasteiger partial charge on any atom is -0.286 e. The van der Waals surface area contributed by atoms with E-state index in [9.17, 15) is 18.0 Å². The summed E-state index contributed by atoms with van der Waals surface area (Å²) in [6.07, 6.45) is -2.10. The molecule has 0 aliphatic carbocycles. The van der Waals surface area contributed by atoms with Gasteiger partial charge in [0.2, 0.25) is 11.5 Å². The van der Waals surface area contributed by atoms with Crippen LogP contribution in [0, 0.1) is 5.41 Å². The lowest BCUT2D eigenvalue weighted by atomic mass is 10.2. The summed E-state index contributed by atoms with van der Waals surface area (Å²) in [4.78, 5) is 11.1. The van der Waals surface area contributed by atoms with E-state index >= 15 is 0 Å². The highest BCUT2D eigenvalue weighted by atomic mass is 19.4. The molecule has 2 rings (SSSR count). The van der Waals surface area contributed by atoms with Gasteiger partial charge in [-0.2, -0.15) is 13.2 Å². The number of aromatic nitrogens is 2. The van der Waals surface area contributed by atoms with Gasteiger partial charge in [0.15, 0.2) is 0 Å². The van der Waals surface area contributed by atoms with Crippen molar-refractivity contribution < 1.29 is 18.0 Å². The van der Waals surface area contributed by atoms with E-state index in [1.807, 2.05) is 0 Å². The Morgan fingerprint density at radius 1 is 1.41 bits per heavy atom. The van der Waals surface area contributed by atoms with Crippen LogP contribution in [0.1, 0.15) is 17.3 Å². The SMILES string of the molecule is CC(=O)n1cc2cc(C(F)(F)F)ccn2c1=N. The second-order valence-corrected chi connectivity index (χ2v) is 3.55. The van der Waals surface area contributed by atoms with Crippen molar-refractivity contribution in [2.24, 2.45) is 0 Å². The molecule has 0 atom stereocenters. The molecule has 0 fully saturated rings. The smallest absolute Gasteiger partial charge is 0.286 e. The summed E-state index contributed by atoms with van der Waals surface area (Å²) in [5.41, 5.74) is -0.834. The van der Waals surface area contributed by atoms with Crippen molar-refractivity contribution in [2.75, 3.05) is 0 Å². The molecule has 0 aliphatic rings. The Bertz CT molecular complexity index is 651. The maximum atomic E-state index is 12.5. The maximum Gasteiger partial charge on any atom is 0.416 e. The second kappa shape index (κ2) is 3.47. The number of pyridine rings is 1. The van der Waals surface area contributed by atoms with Crippen LogP contribution < -0.4 is 5.62 Å². The summed E-state index contributed by atoms with van der Waals surface area (Å²) in [7, 11) is 0. The molecule has 2 aromatic heterocycles. The Morgan fingerprint density at radius 3 is 2.59 bits per heavy atom. The third-order valence-electron chi connectivity index (χ3n) is 2.37. The van der Waals surface area contributed by atoms with Gasteiger partial charge in [-0.05, 0) is 12.1 Å². The van der Waals surface area contributed by atoms with Crippen LogP contribution in [0.4, 0.5) is 13.2 Å². The Kier molecular flexibility index (Phi) is 2.34. The van der Waals surface area contributed by atoms with Crippen LogP contribution in [-0.4, -0.2) is 14.9 Å². The van der Waals surface area contributed by atoms with Gasteiger partial charge in [-0.25, -0.2) is 0 Å². The number of imidazole rings is 1. The molecule has 0 saturated carbocycles. The fourth-order valence-corrected chi connectivity index (χ4v) is 1.54. The Hall–Kier alpha value is -2.05.